The molecule has 1 saturated carbocycles. The number of hydrogen-bond donors (Lipinski definition) is 2. The van der Waals surface area contributed by atoms with Gasteiger partial charge in [0.25, 0.3) is 0 Å². The Morgan fingerprint density at radius 3 is 2.43 bits per heavy atom. The highest BCUT2D eigenvalue weighted by molar-refractivity contribution is 7.93. The highest BCUT2D eigenvalue weighted by Crippen LogP contribution is 2.29. The fraction of sp³-hybridized carbons (Fsp3) is 0.941. The van der Waals surface area contributed by atoms with Gasteiger partial charge < -0.3 is 10.6 Å². The maximum atomic E-state index is 12.9. The van der Waals surface area contributed by atoms with E-state index < -0.39 is 15.1 Å². The molecule has 6 heteroatoms. The topological polar surface area (TPSA) is 75.3 Å². The van der Waals surface area contributed by atoms with Gasteiger partial charge in [0.2, 0.25) is 5.91 Å². The maximum Gasteiger partial charge on any atom is 0.238 e. The summed E-state index contributed by atoms with van der Waals surface area (Å²) in [4.78, 5) is 12.5. The molecule has 0 spiro atoms. The second-order valence-corrected chi connectivity index (χ2v) is 9.80. The lowest BCUT2D eigenvalue weighted by atomic mass is 10.0. The van der Waals surface area contributed by atoms with Crippen molar-refractivity contribution >= 4 is 15.7 Å². The van der Waals surface area contributed by atoms with Crippen molar-refractivity contribution in [3.8, 4) is 0 Å². The van der Waals surface area contributed by atoms with E-state index in [1.807, 2.05) is 13.8 Å². The highest BCUT2D eigenvalue weighted by Gasteiger charge is 2.40. The van der Waals surface area contributed by atoms with E-state index in [4.69, 9.17) is 0 Å². The Kier molecular flexibility index (Phi) is 6.89. The van der Waals surface area contributed by atoms with Crippen LogP contribution in [0.2, 0.25) is 0 Å². The number of carbonyl (C=O) groups is 1. The maximum absolute atomic E-state index is 12.9. The Bertz CT molecular complexity index is 478. The van der Waals surface area contributed by atoms with Crippen LogP contribution in [0.5, 0.6) is 0 Å². The van der Waals surface area contributed by atoms with E-state index >= 15 is 0 Å². The number of amides is 1. The first-order valence-electron chi connectivity index (χ1n) is 9.14. The second kappa shape index (κ2) is 8.47. The average Bonchev–Trinajstić information content (AvgIpc) is 3.01. The van der Waals surface area contributed by atoms with Crippen molar-refractivity contribution in [1.29, 1.82) is 0 Å². The van der Waals surface area contributed by atoms with Crippen LogP contribution in [-0.2, 0) is 14.6 Å². The van der Waals surface area contributed by atoms with E-state index in [1.54, 1.807) is 0 Å². The summed E-state index contributed by atoms with van der Waals surface area (Å²) in [6.45, 7) is 6.30. The molecule has 2 N–H and O–H groups in total. The lowest BCUT2D eigenvalue weighted by Gasteiger charge is -2.28. The van der Waals surface area contributed by atoms with E-state index in [0.717, 1.165) is 45.2 Å². The van der Waals surface area contributed by atoms with Gasteiger partial charge in [0, 0.05) is 6.54 Å². The summed E-state index contributed by atoms with van der Waals surface area (Å²) in [6, 6.07) is 0. The van der Waals surface area contributed by atoms with Crippen molar-refractivity contribution in [3.63, 3.8) is 0 Å². The average molecular weight is 345 g/mol. The highest BCUT2D eigenvalue weighted by atomic mass is 32.2. The summed E-state index contributed by atoms with van der Waals surface area (Å²) >= 11 is 0. The normalized spacial score (nSPS) is 24.7. The molecule has 23 heavy (non-hydrogen) atoms. The summed E-state index contributed by atoms with van der Waals surface area (Å²) in [5.74, 6) is 0.120. The van der Waals surface area contributed by atoms with Gasteiger partial charge in [-0.15, -0.1) is 0 Å². The van der Waals surface area contributed by atoms with Gasteiger partial charge in [0.05, 0.1) is 5.25 Å². The minimum atomic E-state index is -3.40. The van der Waals surface area contributed by atoms with Crippen LogP contribution >= 0.6 is 0 Å². The van der Waals surface area contributed by atoms with E-state index in [-0.39, 0.29) is 17.1 Å². The standard InChI is InChI=1S/C17H32N2O3S/c1-13(2)16(23(21,22)15-6-4-3-5-7-15)17(20)19-11-9-14-8-10-18-12-14/h13-16,18H,3-12H2,1-2H3,(H,19,20). The van der Waals surface area contributed by atoms with Crippen molar-refractivity contribution in [2.45, 2.75) is 69.3 Å². The molecule has 1 aliphatic heterocycles. The number of carbonyl (C=O) groups excluding carboxylic acids is 1. The van der Waals surface area contributed by atoms with Crippen molar-refractivity contribution in [1.82, 2.24) is 10.6 Å². The van der Waals surface area contributed by atoms with Gasteiger partial charge in [0.15, 0.2) is 9.84 Å². The van der Waals surface area contributed by atoms with Gasteiger partial charge in [0.1, 0.15) is 5.25 Å². The Hall–Kier alpha value is -0.620. The van der Waals surface area contributed by atoms with Crippen LogP contribution in [0.4, 0.5) is 0 Å². The smallest absolute Gasteiger partial charge is 0.238 e. The quantitative estimate of drug-likeness (QED) is 0.739. The second-order valence-electron chi connectivity index (χ2n) is 7.45. The molecule has 0 aromatic heterocycles. The van der Waals surface area contributed by atoms with Gasteiger partial charge in [-0.25, -0.2) is 8.42 Å². The molecule has 134 valence electrons. The Balaban J connectivity index is 1.94. The van der Waals surface area contributed by atoms with Gasteiger partial charge in [-0.1, -0.05) is 33.1 Å². The number of rotatable bonds is 7. The van der Waals surface area contributed by atoms with E-state index in [2.05, 4.69) is 10.6 Å². The number of hydrogen-bond acceptors (Lipinski definition) is 4. The lowest BCUT2D eigenvalue weighted by molar-refractivity contribution is -0.121. The SMILES string of the molecule is CC(C)C(C(=O)NCCC1CCNC1)S(=O)(=O)C1CCCCC1. The third-order valence-electron chi connectivity index (χ3n) is 5.25. The first-order valence-corrected chi connectivity index (χ1v) is 10.7. The fourth-order valence-electron chi connectivity index (χ4n) is 3.89. The molecule has 2 aliphatic rings. The van der Waals surface area contributed by atoms with Crippen molar-refractivity contribution in [2.75, 3.05) is 19.6 Å². The zero-order chi connectivity index (χ0) is 16.9. The van der Waals surface area contributed by atoms with Crippen LogP contribution in [0.1, 0.15) is 58.8 Å². The van der Waals surface area contributed by atoms with Gasteiger partial charge in [-0.3, -0.25) is 4.79 Å². The summed E-state index contributed by atoms with van der Waals surface area (Å²) in [5.41, 5.74) is 0. The van der Waals surface area contributed by atoms with Crippen LogP contribution in [0.25, 0.3) is 0 Å². The Morgan fingerprint density at radius 2 is 1.87 bits per heavy atom. The van der Waals surface area contributed by atoms with Crippen LogP contribution < -0.4 is 10.6 Å². The summed E-state index contributed by atoms with van der Waals surface area (Å²) in [6.07, 6.45) is 6.53. The molecule has 0 aromatic carbocycles. The molecule has 0 aromatic rings. The molecule has 1 aliphatic carbocycles. The Labute approximate surface area is 140 Å². The fourth-order valence-corrected chi connectivity index (χ4v) is 6.44. The lowest BCUT2D eigenvalue weighted by Crippen LogP contribution is -2.47. The molecule has 2 rings (SSSR count). The van der Waals surface area contributed by atoms with Crippen LogP contribution in [-0.4, -0.2) is 44.5 Å². The van der Waals surface area contributed by atoms with Crippen molar-refractivity contribution in [3.05, 3.63) is 0 Å². The molecule has 2 fully saturated rings. The monoisotopic (exact) mass is 344 g/mol. The van der Waals surface area contributed by atoms with E-state index in [0.29, 0.717) is 25.3 Å². The first-order chi connectivity index (χ1) is 10.9. The first kappa shape index (κ1) is 18.7. The van der Waals surface area contributed by atoms with E-state index in [1.165, 1.54) is 0 Å². The molecule has 0 bridgehead atoms. The van der Waals surface area contributed by atoms with Crippen molar-refractivity contribution in [2.24, 2.45) is 11.8 Å². The summed E-state index contributed by atoms with van der Waals surface area (Å²) < 4.78 is 25.8. The van der Waals surface area contributed by atoms with Crippen LogP contribution in [0.3, 0.4) is 0 Å². The molecule has 1 amide bonds. The zero-order valence-electron chi connectivity index (χ0n) is 14.5. The molecule has 2 atom stereocenters. The predicted molar refractivity (Wildman–Crippen MR) is 93.0 cm³/mol. The third kappa shape index (κ3) is 4.92. The molecule has 5 nitrogen and oxygen atoms in total. The third-order valence-corrected chi connectivity index (χ3v) is 8.12. The minimum Gasteiger partial charge on any atom is -0.355 e. The Morgan fingerprint density at radius 1 is 1.17 bits per heavy atom. The van der Waals surface area contributed by atoms with Crippen LogP contribution in [0.15, 0.2) is 0 Å². The molecule has 2 unspecified atom stereocenters. The van der Waals surface area contributed by atoms with Gasteiger partial charge >= 0.3 is 0 Å². The number of sulfone groups is 1. The predicted octanol–water partition coefficient (Wildman–Crippen LogP) is 1.87. The molecule has 1 heterocycles. The van der Waals surface area contributed by atoms with Crippen LogP contribution in [0, 0.1) is 11.8 Å². The van der Waals surface area contributed by atoms with E-state index in [9.17, 15) is 13.2 Å². The molecule has 0 radical (unpaired) electrons. The van der Waals surface area contributed by atoms with Gasteiger partial charge in [-0.2, -0.15) is 0 Å². The largest absolute Gasteiger partial charge is 0.355 e. The summed E-state index contributed by atoms with van der Waals surface area (Å²) in [5, 5.41) is 4.98. The summed E-state index contributed by atoms with van der Waals surface area (Å²) in [7, 11) is -3.40. The number of nitrogens with one attached hydrogen (secondary N) is 2. The van der Waals surface area contributed by atoms with Crippen molar-refractivity contribution < 1.29 is 13.2 Å². The zero-order valence-corrected chi connectivity index (χ0v) is 15.3. The molecule has 1 saturated heterocycles. The van der Waals surface area contributed by atoms with Gasteiger partial charge in [-0.05, 0) is 50.6 Å². The molecular formula is C17H32N2O3S. The minimum absolute atomic E-state index is 0.185. The molecular weight excluding hydrogens is 312 g/mol.